The molecule has 2 aliphatic heterocycles. The molecule has 0 aliphatic carbocycles. The largest absolute Gasteiger partial charge is 0.394 e. The molecule has 0 radical (unpaired) electrons. The molecule has 36 heavy (non-hydrogen) atoms. The van der Waals surface area contributed by atoms with Crippen molar-refractivity contribution in [2.45, 2.75) is 18.8 Å². The predicted molar refractivity (Wildman–Crippen MR) is 129 cm³/mol. The number of hydrogen-bond donors (Lipinski definition) is 2. The van der Waals surface area contributed by atoms with Gasteiger partial charge in [-0.05, 0) is 17.7 Å². The molecular weight excluding hydrogens is 462 g/mol. The van der Waals surface area contributed by atoms with Gasteiger partial charge in [0.2, 0.25) is 5.91 Å². The van der Waals surface area contributed by atoms with Gasteiger partial charge in [-0.25, -0.2) is 0 Å². The summed E-state index contributed by atoms with van der Waals surface area (Å²) in [6, 6.07) is 16.4. The highest BCUT2D eigenvalue weighted by molar-refractivity contribution is 5.98. The van der Waals surface area contributed by atoms with Gasteiger partial charge in [-0.15, -0.1) is 0 Å². The molecule has 5 rings (SSSR count). The van der Waals surface area contributed by atoms with Gasteiger partial charge in [0.25, 0.3) is 5.91 Å². The van der Waals surface area contributed by atoms with E-state index in [0.29, 0.717) is 37.6 Å². The van der Waals surface area contributed by atoms with Crippen LogP contribution in [0.3, 0.4) is 0 Å². The maximum atomic E-state index is 13.4. The maximum Gasteiger partial charge on any atom is 0.256 e. The third-order valence-corrected chi connectivity index (χ3v) is 6.71. The molecule has 0 bridgehead atoms. The molecule has 2 aliphatic rings. The average Bonchev–Trinajstić information content (AvgIpc) is 3.66. The molecule has 2 aromatic carbocycles. The van der Waals surface area contributed by atoms with E-state index in [4.69, 9.17) is 9.47 Å². The average molecular weight is 492 g/mol. The van der Waals surface area contributed by atoms with Crippen LogP contribution in [0.25, 0.3) is 5.69 Å². The molecule has 2 amide bonds. The molecule has 4 atom stereocenters. The van der Waals surface area contributed by atoms with Crippen molar-refractivity contribution in [2.24, 2.45) is 11.8 Å². The quantitative estimate of drug-likeness (QED) is 0.459. The molecule has 0 saturated carbocycles. The fraction of sp³-hybridized carbons (Fsp3) is 0.385. The minimum atomic E-state index is -0.521. The SMILES string of the molecule is O=C(N[C@H](CO)COCc1ccccc1)[C@H]1CO[C@@H]2CN(C(=O)c3ccccc3-n3nccn3)C[C@@H]12. The summed E-state index contributed by atoms with van der Waals surface area (Å²) in [6.45, 7) is 1.48. The molecule has 2 N–H and O–H groups in total. The van der Waals surface area contributed by atoms with Crippen LogP contribution in [-0.4, -0.2) is 81.9 Å². The number of benzene rings is 2. The highest BCUT2D eigenvalue weighted by Gasteiger charge is 2.48. The summed E-state index contributed by atoms with van der Waals surface area (Å²) in [5.74, 6) is -0.865. The number of amides is 2. The summed E-state index contributed by atoms with van der Waals surface area (Å²) in [5, 5.41) is 20.9. The van der Waals surface area contributed by atoms with E-state index in [0.717, 1.165) is 5.56 Å². The Labute approximate surface area is 208 Å². The lowest BCUT2D eigenvalue weighted by Crippen LogP contribution is -2.46. The number of fused-ring (bicyclic) bond motifs is 1. The summed E-state index contributed by atoms with van der Waals surface area (Å²) in [4.78, 5) is 29.6. The smallest absolute Gasteiger partial charge is 0.256 e. The molecule has 2 fully saturated rings. The maximum absolute atomic E-state index is 13.4. The highest BCUT2D eigenvalue weighted by atomic mass is 16.5. The van der Waals surface area contributed by atoms with Crippen LogP contribution in [-0.2, 0) is 20.9 Å². The van der Waals surface area contributed by atoms with E-state index in [1.165, 1.54) is 4.80 Å². The molecule has 188 valence electrons. The van der Waals surface area contributed by atoms with Gasteiger partial charge >= 0.3 is 0 Å². The van der Waals surface area contributed by atoms with Crippen LogP contribution < -0.4 is 5.32 Å². The van der Waals surface area contributed by atoms with E-state index in [2.05, 4.69) is 15.5 Å². The fourth-order valence-electron chi connectivity index (χ4n) is 4.83. The molecule has 3 aromatic rings. The molecule has 0 unspecified atom stereocenters. The van der Waals surface area contributed by atoms with Crippen molar-refractivity contribution in [3.05, 3.63) is 78.1 Å². The Bertz CT molecular complexity index is 1170. The predicted octanol–water partition coefficient (Wildman–Crippen LogP) is 1.05. The van der Waals surface area contributed by atoms with Crippen LogP contribution in [0.15, 0.2) is 67.0 Å². The van der Waals surface area contributed by atoms with Gasteiger partial charge < -0.3 is 24.8 Å². The van der Waals surface area contributed by atoms with E-state index in [-0.39, 0.29) is 37.0 Å². The van der Waals surface area contributed by atoms with Crippen molar-refractivity contribution < 1.29 is 24.2 Å². The molecule has 3 heterocycles. The zero-order chi connectivity index (χ0) is 24.9. The molecule has 10 nitrogen and oxygen atoms in total. The van der Waals surface area contributed by atoms with Gasteiger partial charge in [-0.1, -0.05) is 42.5 Å². The molecule has 0 spiro atoms. The van der Waals surface area contributed by atoms with Crippen molar-refractivity contribution in [1.82, 2.24) is 25.2 Å². The number of nitrogens with zero attached hydrogens (tertiary/aromatic N) is 4. The second kappa shape index (κ2) is 11.0. The van der Waals surface area contributed by atoms with E-state index in [1.807, 2.05) is 36.4 Å². The second-order valence-electron chi connectivity index (χ2n) is 9.08. The van der Waals surface area contributed by atoms with Crippen LogP contribution in [0, 0.1) is 11.8 Å². The topological polar surface area (TPSA) is 119 Å². The minimum absolute atomic E-state index is 0.117. The lowest BCUT2D eigenvalue weighted by molar-refractivity contribution is -0.127. The van der Waals surface area contributed by atoms with Gasteiger partial charge in [0.05, 0.1) is 68.1 Å². The second-order valence-corrected chi connectivity index (χ2v) is 9.08. The van der Waals surface area contributed by atoms with Crippen molar-refractivity contribution >= 4 is 11.8 Å². The zero-order valence-electron chi connectivity index (χ0n) is 19.8. The standard InChI is InChI=1S/C26H29N5O5/c32-14-19(16-35-15-18-6-2-1-3-7-18)29-25(33)22-17-36-24-13-30(12-21(22)24)26(34)20-8-4-5-9-23(20)31-27-10-11-28-31/h1-11,19,21-22,24,32H,12-17H2,(H,29,33)/t19-,21+,22+,24-/m1/s1. The van der Waals surface area contributed by atoms with E-state index in [1.54, 1.807) is 35.5 Å². The van der Waals surface area contributed by atoms with Gasteiger partial charge in [0.1, 0.15) is 0 Å². The summed E-state index contributed by atoms with van der Waals surface area (Å²) >= 11 is 0. The summed E-state index contributed by atoms with van der Waals surface area (Å²) in [7, 11) is 0. The first-order chi connectivity index (χ1) is 17.6. The van der Waals surface area contributed by atoms with E-state index in [9.17, 15) is 14.7 Å². The number of rotatable bonds is 9. The summed E-state index contributed by atoms with van der Waals surface area (Å²) < 4.78 is 11.6. The number of carbonyl (C=O) groups is 2. The number of nitrogens with one attached hydrogen (secondary N) is 1. The van der Waals surface area contributed by atoms with Crippen molar-refractivity contribution in [3.63, 3.8) is 0 Å². The number of hydrogen-bond acceptors (Lipinski definition) is 7. The number of likely N-dealkylation sites (tertiary alicyclic amines) is 1. The third kappa shape index (κ3) is 5.15. The highest BCUT2D eigenvalue weighted by Crippen LogP contribution is 2.35. The Morgan fingerprint density at radius 1 is 1.08 bits per heavy atom. The van der Waals surface area contributed by atoms with Gasteiger partial charge in [-0.2, -0.15) is 15.0 Å². The Morgan fingerprint density at radius 2 is 1.83 bits per heavy atom. The van der Waals surface area contributed by atoms with Crippen molar-refractivity contribution in [2.75, 3.05) is 32.9 Å². The Hall–Kier alpha value is -3.60. The van der Waals surface area contributed by atoms with Crippen LogP contribution in [0.4, 0.5) is 0 Å². The molecule has 1 aromatic heterocycles. The number of para-hydroxylation sites is 1. The summed E-state index contributed by atoms with van der Waals surface area (Å²) in [6.07, 6.45) is 2.91. The van der Waals surface area contributed by atoms with Crippen LogP contribution in [0.1, 0.15) is 15.9 Å². The first-order valence-electron chi connectivity index (χ1n) is 12.0. The Morgan fingerprint density at radius 3 is 2.61 bits per heavy atom. The lowest BCUT2D eigenvalue weighted by Gasteiger charge is -2.23. The number of ether oxygens (including phenoxy) is 2. The van der Waals surface area contributed by atoms with Crippen LogP contribution in [0.5, 0.6) is 0 Å². The Balaban J connectivity index is 1.18. The lowest BCUT2D eigenvalue weighted by atomic mass is 9.92. The first kappa shape index (κ1) is 24.1. The number of aliphatic hydroxyl groups excluding tert-OH is 1. The third-order valence-electron chi connectivity index (χ3n) is 6.71. The van der Waals surface area contributed by atoms with Crippen LogP contribution >= 0.6 is 0 Å². The zero-order valence-corrected chi connectivity index (χ0v) is 19.8. The molecular formula is C26H29N5O5. The number of aliphatic hydroxyl groups is 1. The van der Waals surface area contributed by atoms with Crippen LogP contribution in [0.2, 0.25) is 0 Å². The minimum Gasteiger partial charge on any atom is -0.394 e. The monoisotopic (exact) mass is 491 g/mol. The van der Waals surface area contributed by atoms with Crippen molar-refractivity contribution in [1.29, 1.82) is 0 Å². The number of aromatic nitrogens is 3. The first-order valence-corrected chi connectivity index (χ1v) is 12.0. The van der Waals surface area contributed by atoms with Gasteiger partial charge in [0.15, 0.2) is 0 Å². The molecule has 10 heteroatoms. The van der Waals surface area contributed by atoms with Crippen molar-refractivity contribution in [3.8, 4) is 5.69 Å². The normalized spacial score (nSPS) is 21.8. The fourth-order valence-corrected chi connectivity index (χ4v) is 4.83. The van der Waals surface area contributed by atoms with Gasteiger partial charge in [-0.3, -0.25) is 9.59 Å². The van der Waals surface area contributed by atoms with Gasteiger partial charge in [0, 0.05) is 19.0 Å². The summed E-state index contributed by atoms with van der Waals surface area (Å²) in [5.41, 5.74) is 2.11. The molecule has 2 saturated heterocycles. The van der Waals surface area contributed by atoms with E-state index < -0.39 is 12.0 Å². The van der Waals surface area contributed by atoms with E-state index >= 15 is 0 Å². The Kier molecular flexibility index (Phi) is 7.36. The number of carbonyl (C=O) groups excluding carboxylic acids is 2.